The largest absolute Gasteiger partial charge is 0.465 e. The van der Waals surface area contributed by atoms with Crippen LogP contribution in [0.3, 0.4) is 0 Å². The second kappa shape index (κ2) is 17.9. The van der Waals surface area contributed by atoms with Gasteiger partial charge in [-0.05, 0) is 92.0 Å². The van der Waals surface area contributed by atoms with Gasteiger partial charge in [-0.15, -0.1) is 0 Å². The van der Waals surface area contributed by atoms with E-state index in [-0.39, 0.29) is 31.0 Å². The smallest absolute Gasteiger partial charge is 0.337 e. The summed E-state index contributed by atoms with van der Waals surface area (Å²) in [5, 5.41) is 8.91. The molecule has 0 aliphatic rings. The highest BCUT2D eigenvalue weighted by Gasteiger charge is 2.36. The number of aliphatic hydroxyl groups excluding tert-OH is 1. The lowest BCUT2D eigenvalue weighted by Crippen LogP contribution is -2.40. The highest BCUT2D eigenvalue weighted by Crippen LogP contribution is 2.36. The molecule has 2 aromatic carbocycles. The molecule has 0 fully saturated rings. The van der Waals surface area contributed by atoms with Crippen molar-refractivity contribution in [2.75, 3.05) is 27.4 Å². The number of aryl methyl sites for hydroxylation is 2. The van der Waals surface area contributed by atoms with Crippen LogP contribution in [0.25, 0.3) is 0 Å². The van der Waals surface area contributed by atoms with Gasteiger partial charge in [0.25, 0.3) is 0 Å². The predicted octanol–water partition coefficient (Wildman–Crippen LogP) is 7.24. The molecule has 0 atom stereocenters. The molecule has 38 heavy (non-hydrogen) atoms. The molecule has 0 saturated carbocycles. The minimum absolute atomic E-state index is 0. The van der Waals surface area contributed by atoms with Gasteiger partial charge in [-0.25, -0.2) is 9.59 Å². The SMILES string of the molecule is C.COC(=O)c1ccc(CCCCO)cc1.COC(=O)c1ccc(CCCCO[Si](C)(C)C(C)(C)C)cc1. The van der Waals surface area contributed by atoms with Gasteiger partial charge < -0.3 is 19.0 Å². The number of carbonyl (C=O) groups is 2. The molecule has 0 bridgehead atoms. The molecular formula is C31H50O6Si. The van der Waals surface area contributed by atoms with E-state index in [1.165, 1.54) is 25.3 Å². The summed E-state index contributed by atoms with van der Waals surface area (Å²) in [6.07, 6.45) is 5.91. The number of esters is 2. The highest BCUT2D eigenvalue weighted by atomic mass is 28.4. The van der Waals surface area contributed by atoms with Crippen molar-refractivity contribution >= 4 is 20.3 Å². The summed E-state index contributed by atoms with van der Waals surface area (Å²) in [7, 11) is 1.16. The normalized spacial score (nSPS) is 11.1. The van der Waals surface area contributed by atoms with Gasteiger partial charge in [0.15, 0.2) is 8.32 Å². The molecule has 0 unspecified atom stereocenters. The molecule has 2 aromatic rings. The van der Waals surface area contributed by atoms with Crippen LogP contribution in [0.1, 0.15) is 85.7 Å². The maximum absolute atomic E-state index is 11.4. The van der Waals surface area contributed by atoms with Crippen molar-refractivity contribution in [1.82, 2.24) is 0 Å². The van der Waals surface area contributed by atoms with Crippen molar-refractivity contribution in [3.63, 3.8) is 0 Å². The molecule has 6 nitrogen and oxygen atoms in total. The van der Waals surface area contributed by atoms with Gasteiger partial charge in [-0.3, -0.25) is 0 Å². The van der Waals surface area contributed by atoms with Crippen LogP contribution in [-0.2, 0) is 26.7 Å². The maximum Gasteiger partial charge on any atom is 0.337 e. The fourth-order valence-corrected chi connectivity index (χ4v) is 4.35. The van der Waals surface area contributed by atoms with E-state index in [0.29, 0.717) is 11.1 Å². The zero-order valence-corrected chi connectivity index (χ0v) is 24.8. The average molecular weight is 547 g/mol. The van der Waals surface area contributed by atoms with Crippen LogP contribution in [0.2, 0.25) is 18.1 Å². The number of unbranched alkanes of at least 4 members (excludes halogenated alkanes) is 2. The molecule has 7 heteroatoms. The topological polar surface area (TPSA) is 82.1 Å². The van der Waals surface area contributed by atoms with Gasteiger partial charge >= 0.3 is 11.9 Å². The molecule has 0 aliphatic heterocycles. The van der Waals surface area contributed by atoms with Crippen LogP contribution in [-0.4, -0.2) is 52.8 Å². The minimum Gasteiger partial charge on any atom is -0.465 e. The van der Waals surface area contributed by atoms with Crippen LogP contribution in [0.5, 0.6) is 0 Å². The monoisotopic (exact) mass is 546 g/mol. The first kappa shape index (κ1) is 35.5. The summed E-state index contributed by atoms with van der Waals surface area (Å²) in [5.41, 5.74) is 3.60. The zero-order chi connectivity index (χ0) is 27.9. The summed E-state index contributed by atoms with van der Waals surface area (Å²) in [6, 6.07) is 15.0. The Morgan fingerprint density at radius 1 is 0.737 bits per heavy atom. The van der Waals surface area contributed by atoms with Gasteiger partial charge in [0, 0.05) is 13.2 Å². The molecule has 0 saturated heterocycles. The quantitative estimate of drug-likeness (QED) is 0.172. The number of hydrogen-bond acceptors (Lipinski definition) is 6. The molecule has 2 rings (SSSR count). The van der Waals surface area contributed by atoms with E-state index < -0.39 is 8.32 Å². The van der Waals surface area contributed by atoms with E-state index in [9.17, 15) is 9.59 Å². The van der Waals surface area contributed by atoms with Crippen LogP contribution < -0.4 is 0 Å². The average Bonchev–Trinajstić information content (AvgIpc) is 2.88. The van der Waals surface area contributed by atoms with Crippen molar-refractivity contribution in [2.24, 2.45) is 0 Å². The van der Waals surface area contributed by atoms with E-state index in [1.54, 1.807) is 12.1 Å². The van der Waals surface area contributed by atoms with E-state index >= 15 is 0 Å². The Labute approximate surface area is 231 Å². The number of benzene rings is 2. The standard InChI is InChI=1S/C18H30O3Si.C12H16O3.CH4/c1-18(2,3)22(5,6)21-14-8-7-9-15-10-12-16(13-11-15)17(19)20-4;1-15-12(14)11-7-5-10(6-8-11)4-2-3-9-13;/h10-13H,7-9,14H2,1-6H3;5-8,13H,2-4,9H2,1H3;1H4. The first-order valence-electron chi connectivity index (χ1n) is 13.0. The maximum atomic E-state index is 11.4. The van der Waals surface area contributed by atoms with Gasteiger partial charge in [0.2, 0.25) is 0 Å². The minimum atomic E-state index is -1.61. The summed E-state index contributed by atoms with van der Waals surface area (Å²) in [4.78, 5) is 22.5. The van der Waals surface area contributed by atoms with Crippen LogP contribution in [0, 0.1) is 0 Å². The van der Waals surface area contributed by atoms with Gasteiger partial charge in [0.1, 0.15) is 0 Å². The van der Waals surface area contributed by atoms with E-state index in [2.05, 4.69) is 38.6 Å². The summed E-state index contributed by atoms with van der Waals surface area (Å²) < 4.78 is 15.5. The third-order valence-electron chi connectivity index (χ3n) is 6.75. The Morgan fingerprint density at radius 2 is 1.13 bits per heavy atom. The fourth-order valence-electron chi connectivity index (χ4n) is 3.27. The Morgan fingerprint density at radius 3 is 1.47 bits per heavy atom. The van der Waals surface area contributed by atoms with Crippen LogP contribution in [0.15, 0.2) is 48.5 Å². The van der Waals surface area contributed by atoms with Crippen LogP contribution in [0.4, 0.5) is 0 Å². The van der Waals surface area contributed by atoms with Crippen molar-refractivity contribution in [3.05, 3.63) is 70.8 Å². The van der Waals surface area contributed by atoms with Gasteiger partial charge in [0.05, 0.1) is 25.3 Å². The van der Waals surface area contributed by atoms with Crippen molar-refractivity contribution in [1.29, 1.82) is 0 Å². The molecule has 0 radical (unpaired) electrons. The number of ether oxygens (including phenoxy) is 2. The first-order valence-corrected chi connectivity index (χ1v) is 16.0. The summed E-state index contributed by atoms with van der Waals surface area (Å²) in [5.74, 6) is -0.591. The van der Waals surface area contributed by atoms with E-state index in [4.69, 9.17) is 14.3 Å². The molecule has 0 aliphatic carbocycles. The number of carbonyl (C=O) groups excluding carboxylic acids is 2. The highest BCUT2D eigenvalue weighted by molar-refractivity contribution is 6.74. The molecule has 0 heterocycles. The summed E-state index contributed by atoms with van der Waals surface area (Å²) in [6.45, 7) is 12.5. The number of methoxy groups -OCH3 is 2. The lowest BCUT2D eigenvalue weighted by molar-refractivity contribution is 0.0592. The van der Waals surface area contributed by atoms with Crippen molar-refractivity contribution < 1.29 is 28.6 Å². The molecule has 0 aromatic heterocycles. The summed E-state index contributed by atoms with van der Waals surface area (Å²) >= 11 is 0. The lowest BCUT2D eigenvalue weighted by atomic mass is 10.1. The Hall–Kier alpha value is -2.48. The second-order valence-corrected chi connectivity index (χ2v) is 15.4. The van der Waals surface area contributed by atoms with Crippen LogP contribution >= 0.6 is 0 Å². The van der Waals surface area contributed by atoms with Crippen molar-refractivity contribution in [2.45, 2.75) is 84.9 Å². The second-order valence-electron chi connectivity index (χ2n) is 10.6. The van der Waals surface area contributed by atoms with Crippen molar-refractivity contribution in [3.8, 4) is 0 Å². The van der Waals surface area contributed by atoms with Gasteiger partial charge in [-0.2, -0.15) is 0 Å². The first-order chi connectivity index (χ1) is 17.4. The van der Waals surface area contributed by atoms with E-state index in [1.807, 2.05) is 36.4 Å². The third-order valence-corrected chi connectivity index (χ3v) is 11.3. The molecule has 214 valence electrons. The predicted molar refractivity (Wildman–Crippen MR) is 158 cm³/mol. The fraction of sp³-hybridized carbons (Fsp3) is 0.548. The Bertz CT molecular complexity index is 930. The molecule has 0 spiro atoms. The third kappa shape index (κ3) is 12.8. The van der Waals surface area contributed by atoms with Gasteiger partial charge in [-0.1, -0.05) is 52.5 Å². The Balaban J connectivity index is 0.000000750. The number of hydrogen-bond donors (Lipinski definition) is 1. The zero-order valence-electron chi connectivity index (χ0n) is 23.8. The van der Waals surface area contributed by atoms with E-state index in [0.717, 1.165) is 45.1 Å². The number of rotatable bonds is 12. The molecule has 1 N–H and O–H groups in total. The number of aliphatic hydroxyl groups is 1. The Kier molecular flexibility index (Phi) is 16.7. The lowest BCUT2D eigenvalue weighted by Gasteiger charge is -2.36. The molecular weight excluding hydrogens is 496 g/mol. The molecule has 0 amide bonds.